The van der Waals surface area contributed by atoms with Gasteiger partial charge in [-0.2, -0.15) is 0 Å². The largest absolute Gasteiger partial charge is 0.507 e. The Morgan fingerprint density at radius 1 is 0.984 bits per heavy atom. The highest BCUT2D eigenvalue weighted by atomic mass is 16.7. The van der Waals surface area contributed by atoms with Crippen molar-refractivity contribution in [2.45, 2.75) is 124 Å². The molecule has 4 heterocycles. The monoisotopic (exact) mass is 862 g/mol. The Labute approximate surface area is 361 Å². The fourth-order valence-electron chi connectivity index (χ4n) is 9.26. The van der Waals surface area contributed by atoms with Gasteiger partial charge in [0, 0.05) is 87.7 Å². The van der Waals surface area contributed by atoms with E-state index in [-0.39, 0.29) is 49.6 Å². The Kier molecular flexibility index (Phi) is 13.1. The molecule has 2 aromatic rings. The number of aliphatic hydroxyl groups excluding tert-OH is 2. The van der Waals surface area contributed by atoms with Gasteiger partial charge in [-0.25, -0.2) is 0 Å². The quantitative estimate of drug-likeness (QED) is 0.190. The predicted molar refractivity (Wildman–Crippen MR) is 229 cm³/mol. The van der Waals surface area contributed by atoms with Crippen LogP contribution in [0.1, 0.15) is 91.1 Å². The molecule has 16 nitrogen and oxygen atoms in total. The summed E-state index contributed by atoms with van der Waals surface area (Å²) in [5.74, 6) is -6.75. The third kappa shape index (κ3) is 8.34. The van der Waals surface area contributed by atoms with E-state index in [1.807, 2.05) is 0 Å². The highest BCUT2D eigenvalue weighted by molar-refractivity contribution is 6.19. The molecule has 9 atom stereocenters. The van der Waals surface area contributed by atoms with Gasteiger partial charge >= 0.3 is 11.8 Å². The number of ketones is 1. The maximum absolute atomic E-state index is 14.7. The van der Waals surface area contributed by atoms with Gasteiger partial charge in [-0.15, -0.1) is 0 Å². The second kappa shape index (κ2) is 17.4. The number of likely N-dealkylation sites (tertiary alicyclic amines) is 1. The maximum Gasteiger partial charge on any atom is 0.312 e. The average Bonchev–Trinajstić information content (AvgIpc) is 3.71. The third-order valence-electron chi connectivity index (χ3n) is 12.9. The minimum Gasteiger partial charge on any atom is -0.507 e. The van der Waals surface area contributed by atoms with E-state index >= 15 is 0 Å². The predicted octanol–water partition coefficient (Wildman–Crippen LogP) is 3.86. The SMILES string of the molecule is CO[C@H]1/C=C/O[C@@]2(C)Oc3c(C)c(O)c4c(O)c(c5c(c4c3C2=O)=NC2(CCN(CC(C)C)CC2)N=5)NC(=O)/C(C)=C\C=C\[C@H](C)[C@H](O)C(C)(O)[C@@H](O)[C@@H](C)[C@H](OC(C)=O)[C@@H]1C. The minimum absolute atomic E-state index is 0.0114. The Balaban J connectivity index is 1.55. The van der Waals surface area contributed by atoms with Gasteiger partial charge in [0.2, 0.25) is 0 Å². The number of piperidine rings is 1. The summed E-state index contributed by atoms with van der Waals surface area (Å²) < 4.78 is 23.8. The lowest BCUT2D eigenvalue weighted by Crippen LogP contribution is -2.57. The number of anilines is 1. The number of phenolic OH excluding ortho intramolecular Hbond substituents is 2. The number of phenols is 2. The average molecular weight is 863 g/mol. The number of hydrogen-bond acceptors (Lipinski definition) is 15. The number of nitrogens with zero attached hydrogens (tertiary/aromatic N) is 3. The van der Waals surface area contributed by atoms with Gasteiger partial charge in [-0.05, 0) is 32.8 Å². The van der Waals surface area contributed by atoms with Crippen molar-refractivity contribution < 1.29 is 58.9 Å². The number of nitrogens with one attached hydrogen (secondary N) is 1. The van der Waals surface area contributed by atoms with Crippen molar-refractivity contribution in [3.05, 3.63) is 58.0 Å². The normalized spacial score (nSPS) is 33.5. The van der Waals surface area contributed by atoms with Gasteiger partial charge in [0.05, 0.1) is 40.9 Å². The van der Waals surface area contributed by atoms with Crippen LogP contribution in [0.2, 0.25) is 0 Å². The zero-order chi connectivity index (χ0) is 45.8. The summed E-state index contributed by atoms with van der Waals surface area (Å²) in [7, 11) is 1.42. The smallest absolute Gasteiger partial charge is 0.312 e. The highest BCUT2D eigenvalue weighted by Crippen LogP contribution is 2.50. The second-order valence-electron chi connectivity index (χ2n) is 18.2. The number of Topliss-reactive ketones (excluding diaryl/α,β-unsaturated/α-hetero) is 1. The summed E-state index contributed by atoms with van der Waals surface area (Å²) in [4.78, 5) is 53.7. The summed E-state index contributed by atoms with van der Waals surface area (Å²) in [6, 6.07) is 0. The molecule has 0 aromatic heterocycles. The number of benzene rings is 2. The van der Waals surface area contributed by atoms with Crippen LogP contribution in [0, 0.1) is 30.6 Å². The molecule has 0 radical (unpaired) electrons. The van der Waals surface area contributed by atoms with Crippen molar-refractivity contribution in [3.63, 3.8) is 0 Å². The fraction of sp³-hybridized carbons (Fsp3) is 0.587. The molecule has 4 bridgehead atoms. The van der Waals surface area contributed by atoms with Gasteiger partial charge < -0.3 is 54.7 Å². The van der Waals surface area contributed by atoms with E-state index in [9.17, 15) is 39.9 Å². The first-order valence-electron chi connectivity index (χ1n) is 21.3. The molecule has 4 aliphatic heterocycles. The van der Waals surface area contributed by atoms with Crippen LogP contribution in [0.4, 0.5) is 5.69 Å². The summed E-state index contributed by atoms with van der Waals surface area (Å²) in [5, 5.41) is 61.7. The number of carbonyl (C=O) groups excluding carboxylic acids is 3. The molecule has 1 saturated heterocycles. The Morgan fingerprint density at radius 3 is 2.24 bits per heavy atom. The second-order valence-corrected chi connectivity index (χ2v) is 18.2. The molecule has 1 amide bonds. The number of methoxy groups -OCH3 is 1. The molecule has 0 saturated carbocycles. The van der Waals surface area contributed by atoms with Crippen molar-refractivity contribution in [1.82, 2.24) is 4.90 Å². The number of esters is 1. The van der Waals surface area contributed by atoms with Crippen LogP contribution >= 0.6 is 0 Å². The molecule has 1 fully saturated rings. The Hall–Kier alpha value is -4.87. The van der Waals surface area contributed by atoms with E-state index in [1.165, 1.54) is 59.3 Å². The zero-order valence-corrected chi connectivity index (χ0v) is 37.5. The van der Waals surface area contributed by atoms with Crippen LogP contribution in [0.25, 0.3) is 10.8 Å². The molecule has 62 heavy (non-hydrogen) atoms. The molecule has 1 spiro atoms. The van der Waals surface area contributed by atoms with Crippen molar-refractivity contribution in [2.75, 3.05) is 32.1 Å². The first kappa shape index (κ1) is 46.6. The van der Waals surface area contributed by atoms with Gasteiger partial charge in [0.15, 0.2) is 11.4 Å². The molecule has 338 valence electrons. The van der Waals surface area contributed by atoms with Crippen molar-refractivity contribution in [3.8, 4) is 17.2 Å². The lowest BCUT2D eigenvalue weighted by Gasteiger charge is -2.42. The lowest BCUT2D eigenvalue weighted by molar-refractivity contribution is -0.187. The molecule has 2 aromatic carbocycles. The molecule has 6 rings (SSSR count). The number of hydrogen-bond donors (Lipinski definition) is 6. The summed E-state index contributed by atoms with van der Waals surface area (Å²) in [5.41, 5.74) is -2.86. The van der Waals surface area contributed by atoms with E-state index in [2.05, 4.69) is 24.1 Å². The van der Waals surface area contributed by atoms with Crippen molar-refractivity contribution in [2.24, 2.45) is 33.7 Å². The van der Waals surface area contributed by atoms with Crippen molar-refractivity contribution in [1.29, 1.82) is 0 Å². The van der Waals surface area contributed by atoms with E-state index in [0.717, 1.165) is 6.54 Å². The molecule has 6 N–H and O–H groups in total. The Morgan fingerprint density at radius 2 is 1.63 bits per heavy atom. The van der Waals surface area contributed by atoms with Gasteiger partial charge in [-0.3, -0.25) is 24.4 Å². The summed E-state index contributed by atoms with van der Waals surface area (Å²) in [6.07, 6.45) is 3.28. The van der Waals surface area contributed by atoms with Crippen LogP contribution in [0.15, 0.2) is 46.1 Å². The van der Waals surface area contributed by atoms with E-state index < -0.39 is 88.4 Å². The van der Waals surface area contributed by atoms with Crippen LogP contribution in [0.3, 0.4) is 0 Å². The number of allylic oxidation sites excluding steroid dienone is 2. The number of aliphatic hydroxyl groups is 3. The summed E-state index contributed by atoms with van der Waals surface area (Å²) in [6.45, 7) is 18.5. The number of carbonyl (C=O) groups is 3. The standard InChI is InChI=1S/C46H62N4O12/c1-22(2)21-50-18-16-46(17-19-50)48-33-30-31-36(52)26(6)39-32(30)42(56)45(10,62-39)60-20-15-29(59-11)25(5)38(61-28(8)51)27(7)41(55)44(9,58)40(54)23(3)13-12-14-24(4)43(57)47-35(37(31)53)34(33)49-46/h12-15,20,22-23,25,27,29,38,40-41,52-55,58H,16-19,21H2,1-11H3,(H,47,57)/b13-12+,20-15+,24-14-/t23-,25+,27-,29-,38+,40-,41-,44?,45-/m0/s1. The zero-order valence-electron chi connectivity index (χ0n) is 37.5. The summed E-state index contributed by atoms with van der Waals surface area (Å²) >= 11 is 0. The topological polar surface area (TPSA) is 229 Å². The number of rotatable bonds is 4. The molecule has 1 unspecified atom stereocenters. The maximum atomic E-state index is 14.7. The molecular weight excluding hydrogens is 801 g/mol. The number of fused-ring (bicyclic) bond motifs is 1. The Bertz CT molecular complexity index is 2350. The number of amides is 1. The van der Waals surface area contributed by atoms with Crippen molar-refractivity contribution >= 4 is 34.1 Å². The molecule has 0 aliphatic carbocycles. The van der Waals surface area contributed by atoms with Gasteiger partial charge in [0.25, 0.3) is 11.7 Å². The third-order valence-corrected chi connectivity index (χ3v) is 12.9. The van der Waals surface area contributed by atoms with Gasteiger partial charge in [0.1, 0.15) is 34.2 Å². The van der Waals surface area contributed by atoms with E-state index in [4.69, 9.17) is 28.9 Å². The number of aromatic hydroxyl groups is 2. The first-order chi connectivity index (χ1) is 29.0. The van der Waals surface area contributed by atoms with Crippen LogP contribution < -0.4 is 20.8 Å². The lowest BCUT2D eigenvalue weighted by atomic mass is 9.75. The van der Waals surface area contributed by atoms with Crippen LogP contribution in [0.5, 0.6) is 17.2 Å². The van der Waals surface area contributed by atoms with Crippen LogP contribution in [-0.4, -0.2) is 116 Å². The fourth-order valence-corrected chi connectivity index (χ4v) is 9.26. The number of ether oxygens (including phenoxy) is 4. The van der Waals surface area contributed by atoms with Crippen LogP contribution in [-0.2, 0) is 23.8 Å². The van der Waals surface area contributed by atoms with E-state index in [0.29, 0.717) is 31.8 Å². The van der Waals surface area contributed by atoms with E-state index in [1.54, 1.807) is 33.8 Å². The van der Waals surface area contributed by atoms with Gasteiger partial charge in [-0.1, -0.05) is 52.8 Å². The molecular formula is C46H62N4O12. The molecule has 4 aliphatic rings. The molecule has 16 heteroatoms. The minimum atomic E-state index is -2.12. The highest BCUT2D eigenvalue weighted by Gasteiger charge is 2.51. The first-order valence-corrected chi connectivity index (χ1v) is 21.3.